The zero-order chi connectivity index (χ0) is 14.2. The highest BCUT2D eigenvalue weighted by Crippen LogP contribution is 2.20. The van der Waals surface area contributed by atoms with Gasteiger partial charge in [0.1, 0.15) is 5.82 Å². The molecule has 5 heteroatoms. The van der Waals surface area contributed by atoms with E-state index in [1.165, 1.54) is 17.0 Å². The number of unbranched alkanes of at least 4 members (excludes halogenated alkanes) is 1. The fourth-order valence-corrected chi connectivity index (χ4v) is 2.46. The van der Waals surface area contributed by atoms with E-state index in [1.54, 1.807) is 0 Å². The SMILES string of the molecule is ON(CCCF)CCCCc1ccc2c(n1)NCCC2. The summed E-state index contributed by atoms with van der Waals surface area (Å²) in [6, 6.07) is 4.27. The molecule has 0 aliphatic carbocycles. The van der Waals surface area contributed by atoms with Crippen LogP contribution in [-0.2, 0) is 12.8 Å². The van der Waals surface area contributed by atoms with Crippen molar-refractivity contribution in [3.05, 3.63) is 23.4 Å². The van der Waals surface area contributed by atoms with Crippen molar-refractivity contribution in [3.8, 4) is 0 Å². The molecule has 2 heterocycles. The highest BCUT2D eigenvalue weighted by molar-refractivity contribution is 5.46. The summed E-state index contributed by atoms with van der Waals surface area (Å²) in [6.45, 7) is 1.65. The van der Waals surface area contributed by atoms with Gasteiger partial charge in [0.15, 0.2) is 0 Å². The Bertz CT molecular complexity index is 414. The van der Waals surface area contributed by atoms with Crippen LogP contribution < -0.4 is 5.32 Å². The number of hydrogen-bond donors (Lipinski definition) is 2. The summed E-state index contributed by atoms with van der Waals surface area (Å²) in [5, 5.41) is 14.0. The Kier molecular flexibility index (Phi) is 6.21. The van der Waals surface area contributed by atoms with Crippen molar-refractivity contribution in [1.29, 1.82) is 0 Å². The molecule has 0 spiro atoms. The van der Waals surface area contributed by atoms with Crippen molar-refractivity contribution in [3.63, 3.8) is 0 Å². The number of nitrogens with zero attached hydrogens (tertiary/aromatic N) is 2. The van der Waals surface area contributed by atoms with Crippen LogP contribution in [0.15, 0.2) is 12.1 Å². The minimum Gasteiger partial charge on any atom is -0.370 e. The molecule has 0 radical (unpaired) electrons. The number of anilines is 1. The van der Waals surface area contributed by atoms with Crippen molar-refractivity contribution < 1.29 is 9.60 Å². The lowest BCUT2D eigenvalue weighted by Crippen LogP contribution is -2.22. The summed E-state index contributed by atoms with van der Waals surface area (Å²) in [4.78, 5) is 4.64. The first-order chi connectivity index (χ1) is 9.79. The predicted octanol–water partition coefficient (Wildman–Crippen LogP) is 2.81. The third kappa shape index (κ3) is 4.72. The van der Waals surface area contributed by atoms with E-state index in [0.717, 1.165) is 43.7 Å². The van der Waals surface area contributed by atoms with E-state index in [1.807, 2.05) is 0 Å². The molecule has 2 rings (SSSR count). The Hall–Kier alpha value is -1.20. The minimum atomic E-state index is -0.372. The lowest BCUT2D eigenvalue weighted by atomic mass is 10.1. The number of hydroxylamine groups is 2. The van der Waals surface area contributed by atoms with E-state index in [0.29, 0.717) is 19.5 Å². The maximum Gasteiger partial charge on any atom is 0.129 e. The van der Waals surface area contributed by atoms with Crippen molar-refractivity contribution in [2.24, 2.45) is 0 Å². The highest BCUT2D eigenvalue weighted by Gasteiger charge is 2.10. The first-order valence-electron chi connectivity index (χ1n) is 7.52. The molecule has 0 aromatic carbocycles. The van der Waals surface area contributed by atoms with Crippen molar-refractivity contribution in [2.45, 2.75) is 38.5 Å². The van der Waals surface area contributed by atoms with Gasteiger partial charge >= 0.3 is 0 Å². The van der Waals surface area contributed by atoms with Crippen LogP contribution in [0.4, 0.5) is 10.2 Å². The third-order valence-corrected chi connectivity index (χ3v) is 3.60. The average Bonchev–Trinajstić information content (AvgIpc) is 2.49. The van der Waals surface area contributed by atoms with Crippen molar-refractivity contribution in [2.75, 3.05) is 31.6 Å². The molecule has 1 aromatic rings. The van der Waals surface area contributed by atoms with E-state index in [9.17, 15) is 9.60 Å². The van der Waals surface area contributed by atoms with E-state index in [-0.39, 0.29) is 6.67 Å². The van der Waals surface area contributed by atoms with E-state index in [2.05, 4.69) is 22.4 Å². The molecule has 0 saturated carbocycles. The number of nitrogens with one attached hydrogen (secondary N) is 1. The molecule has 1 aliphatic heterocycles. The zero-order valence-electron chi connectivity index (χ0n) is 11.9. The predicted molar refractivity (Wildman–Crippen MR) is 77.9 cm³/mol. The van der Waals surface area contributed by atoms with Gasteiger partial charge in [-0.1, -0.05) is 6.07 Å². The standard InChI is InChI=1S/C15H24FN3O/c16-9-4-12-19(20)11-2-1-6-14-8-7-13-5-3-10-17-15(13)18-14/h7-8,20H,1-6,9-12H2,(H,17,18). The van der Waals surface area contributed by atoms with Crippen LogP contribution in [-0.4, -0.2) is 41.6 Å². The number of fused-ring (bicyclic) bond motifs is 1. The first kappa shape index (κ1) is 15.2. The van der Waals surface area contributed by atoms with E-state index < -0.39 is 0 Å². The van der Waals surface area contributed by atoms with Crippen LogP contribution >= 0.6 is 0 Å². The van der Waals surface area contributed by atoms with Crippen LogP contribution in [0.5, 0.6) is 0 Å². The Labute approximate surface area is 120 Å². The van der Waals surface area contributed by atoms with Crippen LogP contribution in [0.1, 0.15) is 36.9 Å². The van der Waals surface area contributed by atoms with Gasteiger partial charge in [-0.25, -0.2) is 4.98 Å². The lowest BCUT2D eigenvalue weighted by molar-refractivity contribution is -0.0928. The molecule has 4 nitrogen and oxygen atoms in total. The number of halogens is 1. The summed E-state index contributed by atoms with van der Waals surface area (Å²) in [5.74, 6) is 1.04. The highest BCUT2D eigenvalue weighted by atomic mass is 19.1. The van der Waals surface area contributed by atoms with Gasteiger partial charge in [-0.2, -0.15) is 5.06 Å². The smallest absolute Gasteiger partial charge is 0.129 e. The molecule has 0 bridgehead atoms. The normalized spacial score (nSPS) is 14.2. The molecule has 1 aliphatic rings. The fourth-order valence-electron chi connectivity index (χ4n) is 2.46. The molecular formula is C15H24FN3O. The molecule has 1 aromatic heterocycles. The quantitative estimate of drug-likeness (QED) is 0.568. The largest absolute Gasteiger partial charge is 0.370 e. The van der Waals surface area contributed by atoms with Gasteiger partial charge in [-0.3, -0.25) is 4.39 Å². The maximum atomic E-state index is 11.9. The summed E-state index contributed by atoms with van der Waals surface area (Å²) < 4.78 is 11.9. The Balaban J connectivity index is 1.69. The second kappa shape index (κ2) is 8.17. The molecule has 112 valence electrons. The molecule has 0 unspecified atom stereocenters. The van der Waals surface area contributed by atoms with Gasteiger partial charge in [0.05, 0.1) is 6.67 Å². The van der Waals surface area contributed by atoms with E-state index in [4.69, 9.17) is 0 Å². The average molecular weight is 281 g/mol. The summed E-state index contributed by atoms with van der Waals surface area (Å²) >= 11 is 0. The Morgan fingerprint density at radius 2 is 2.10 bits per heavy atom. The van der Waals surface area contributed by atoms with Crippen LogP contribution in [0, 0.1) is 0 Å². The molecular weight excluding hydrogens is 257 g/mol. The zero-order valence-corrected chi connectivity index (χ0v) is 11.9. The lowest BCUT2D eigenvalue weighted by Gasteiger charge is -2.17. The van der Waals surface area contributed by atoms with Crippen molar-refractivity contribution in [1.82, 2.24) is 10.0 Å². The van der Waals surface area contributed by atoms with Crippen LogP contribution in [0.2, 0.25) is 0 Å². The topological polar surface area (TPSA) is 48.4 Å². The summed E-state index contributed by atoms with van der Waals surface area (Å²) in [6.07, 6.45) is 5.50. The van der Waals surface area contributed by atoms with Gasteiger partial charge in [0, 0.05) is 25.3 Å². The number of rotatable bonds is 8. The fraction of sp³-hybridized carbons (Fsp3) is 0.667. The van der Waals surface area contributed by atoms with Gasteiger partial charge < -0.3 is 10.5 Å². The second-order valence-corrected chi connectivity index (χ2v) is 5.29. The van der Waals surface area contributed by atoms with Crippen LogP contribution in [0.25, 0.3) is 0 Å². The number of pyridine rings is 1. The molecule has 0 saturated heterocycles. The van der Waals surface area contributed by atoms with Crippen molar-refractivity contribution >= 4 is 5.82 Å². The summed E-state index contributed by atoms with van der Waals surface area (Å²) in [7, 11) is 0. The third-order valence-electron chi connectivity index (χ3n) is 3.60. The summed E-state index contributed by atoms with van der Waals surface area (Å²) in [5.41, 5.74) is 2.42. The molecule has 0 fully saturated rings. The molecule has 0 atom stereocenters. The number of aryl methyl sites for hydroxylation is 2. The molecule has 0 amide bonds. The second-order valence-electron chi connectivity index (χ2n) is 5.29. The minimum absolute atomic E-state index is 0.372. The van der Waals surface area contributed by atoms with Gasteiger partial charge in [-0.15, -0.1) is 0 Å². The van der Waals surface area contributed by atoms with Gasteiger partial charge in [0.2, 0.25) is 0 Å². The van der Waals surface area contributed by atoms with E-state index >= 15 is 0 Å². The maximum absolute atomic E-state index is 11.9. The number of alkyl halides is 1. The first-order valence-corrected chi connectivity index (χ1v) is 7.52. The van der Waals surface area contributed by atoms with Crippen LogP contribution in [0.3, 0.4) is 0 Å². The Morgan fingerprint density at radius 1 is 1.25 bits per heavy atom. The van der Waals surface area contributed by atoms with Gasteiger partial charge in [0.25, 0.3) is 0 Å². The number of aromatic nitrogens is 1. The molecule has 20 heavy (non-hydrogen) atoms. The molecule has 2 N–H and O–H groups in total. The number of hydrogen-bond acceptors (Lipinski definition) is 4. The monoisotopic (exact) mass is 281 g/mol. The van der Waals surface area contributed by atoms with Gasteiger partial charge in [-0.05, 0) is 50.2 Å². The Morgan fingerprint density at radius 3 is 2.95 bits per heavy atom.